The quantitative estimate of drug-likeness (QED) is 0.820. The Hall–Kier alpha value is -2.43. The minimum Gasteiger partial charge on any atom is -0.437 e. The van der Waals surface area contributed by atoms with Crippen LogP contribution in [0.25, 0.3) is 0 Å². The van der Waals surface area contributed by atoms with Crippen LogP contribution < -0.4 is 4.74 Å². The van der Waals surface area contributed by atoms with Gasteiger partial charge in [-0.1, -0.05) is 13.8 Å². The van der Waals surface area contributed by atoms with Gasteiger partial charge in [0.05, 0.1) is 6.20 Å². The van der Waals surface area contributed by atoms with Crippen molar-refractivity contribution in [1.29, 1.82) is 0 Å². The zero-order valence-electron chi connectivity index (χ0n) is 13.2. The first kappa shape index (κ1) is 15.9. The highest BCUT2D eigenvalue weighted by Gasteiger charge is 2.18. The van der Waals surface area contributed by atoms with Crippen LogP contribution in [0.15, 0.2) is 42.9 Å². The topological polar surface area (TPSA) is 55.3 Å². The van der Waals surface area contributed by atoms with Gasteiger partial charge in [0.2, 0.25) is 5.88 Å². The summed E-state index contributed by atoms with van der Waals surface area (Å²) in [6, 6.07) is 7.01. The maximum atomic E-state index is 12.6. The van der Waals surface area contributed by atoms with Gasteiger partial charge in [-0.25, -0.2) is 4.98 Å². The van der Waals surface area contributed by atoms with E-state index in [1.165, 1.54) is 0 Å². The van der Waals surface area contributed by atoms with Crippen LogP contribution in [0.1, 0.15) is 30.6 Å². The number of rotatable bonds is 6. The van der Waals surface area contributed by atoms with Crippen molar-refractivity contribution >= 4 is 5.91 Å². The molecule has 2 aromatic heterocycles. The predicted octanol–water partition coefficient (Wildman–Crippen LogP) is 3.39. The molecule has 2 rings (SSSR count). The average molecular weight is 299 g/mol. The average Bonchev–Trinajstić information content (AvgIpc) is 2.53. The molecule has 2 aromatic rings. The van der Waals surface area contributed by atoms with E-state index in [-0.39, 0.29) is 5.91 Å². The van der Waals surface area contributed by atoms with E-state index >= 15 is 0 Å². The monoisotopic (exact) mass is 299 g/mol. The number of carbonyl (C=O) groups excluding carboxylic acids is 1. The third kappa shape index (κ3) is 4.28. The van der Waals surface area contributed by atoms with Crippen molar-refractivity contribution in [2.24, 2.45) is 5.92 Å². The van der Waals surface area contributed by atoms with Crippen molar-refractivity contribution in [3.05, 3.63) is 48.4 Å². The molecule has 0 bridgehead atoms. The fraction of sp³-hybridized carbons (Fsp3) is 0.353. The first-order chi connectivity index (χ1) is 10.6. The second kappa shape index (κ2) is 7.54. The van der Waals surface area contributed by atoms with Crippen LogP contribution in [0.2, 0.25) is 0 Å². The molecule has 0 unspecified atom stereocenters. The normalized spacial score (nSPS) is 10.5. The largest absolute Gasteiger partial charge is 0.437 e. The third-order valence-electron chi connectivity index (χ3n) is 3.24. The number of amides is 1. The van der Waals surface area contributed by atoms with Crippen LogP contribution in [0.5, 0.6) is 11.6 Å². The van der Waals surface area contributed by atoms with Gasteiger partial charge in [-0.2, -0.15) is 0 Å². The van der Waals surface area contributed by atoms with Crippen LogP contribution in [-0.2, 0) is 0 Å². The molecule has 0 saturated heterocycles. The van der Waals surface area contributed by atoms with Gasteiger partial charge in [0, 0.05) is 26.0 Å². The molecule has 116 valence electrons. The Morgan fingerprint density at radius 3 is 2.73 bits per heavy atom. The summed E-state index contributed by atoms with van der Waals surface area (Å²) >= 11 is 0. The molecule has 2 heterocycles. The zero-order chi connectivity index (χ0) is 15.9. The Kier molecular flexibility index (Phi) is 5.47. The lowest BCUT2D eigenvalue weighted by atomic mass is 10.1. The minimum absolute atomic E-state index is 0.0901. The van der Waals surface area contributed by atoms with Crippen molar-refractivity contribution in [3.8, 4) is 11.6 Å². The molecule has 5 nitrogen and oxygen atoms in total. The Morgan fingerprint density at radius 2 is 2.05 bits per heavy atom. The predicted molar refractivity (Wildman–Crippen MR) is 85.0 cm³/mol. The van der Waals surface area contributed by atoms with Crippen LogP contribution in [0.3, 0.4) is 0 Å². The zero-order valence-corrected chi connectivity index (χ0v) is 13.2. The maximum Gasteiger partial charge on any atom is 0.259 e. The summed E-state index contributed by atoms with van der Waals surface area (Å²) in [5.41, 5.74) is 0.456. The second-order valence-electron chi connectivity index (χ2n) is 5.56. The summed E-state index contributed by atoms with van der Waals surface area (Å²) in [6.45, 7) is 4.98. The Morgan fingerprint density at radius 1 is 1.27 bits per heavy atom. The molecule has 0 saturated carbocycles. The number of pyridine rings is 2. The number of hydrogen-bond donors (Lipinski definition) is 0. The summed E-state index contributed by atoms with van der Waals surface area (Å²) in [7, 11) is 1.80. The second-order valence-corrected chi connectivity index (χ2v) is 5.56. The number of carbonyl (C=O) groups is 1. The first-order valence-corrected chi connectivity index (χ1v) is 7.36. The first-order valence-electron chi connectivity index (χ1n) is 7.36. The van der Waals surface area contributed by atoms with E-state index in [1.807, 2.05) is 0 Å². The van der Waals surface area contributed by atoms with Gasteiger partial charge < -0.3 is 9.64 Å². The van der Waals surface area contributed by atoms with Gasteiger partial charge in [-0.15, -0.1) is 0 Å². The molecule has 0 aliphatic rings. The van der Waals surface area contributed by atoms with Crippen LogP contribution in [-0.4, -0.2) is 34.4 Å². The van der Waals surface area contributed by atoms with Crippen LogP contribution in [0, 0.1) is 5.92 Å². The molecule has 22 heavy (non-hydrogen) atoms. The van der Waals surface area contributed by atoms with E-state index in [4.69, 9.17) is 4.74 Å². The van der Waals surface area contributed by atoms with Crippen molar-refractivity contribution in [2.75, 3.05) is 13.6 Å². The van der Waals surface area contributed by atoms with Crippen molar-refractivity contribution in [2.45, 2.75) is 20.3 Å². The van der Waals surface area contributed by atoms with E-state index in [0.717, 1.165) is 6.42 Å². The van der Waals surface area contributed by atoms with E-state index in [0.29, 0.717) is 29.7 Å². The van der Waals surface area contributed by atoms with E-state index in [9.17, 15) is 4.79 Å². The molecular formula is C17H21N3O2. The Labute approximate surface area is 131 Å². The molecule has 0 atom stereocenters. The van der Waals surface area contributed by atoms with Gasteiger partial charge in [0.15, 0.2) is 0 Å². The number of nitrogens with zero attached hydrogens (tertiary/aromatic N) is 3. The fourth-order valence-corrected chi connectivity index (χ4v) is 1.91. The molecule has 1 amide bonds. The molecule has 0 aromatic carbocycles. The summed E-state index contributed by atoms with van der Waals surface area (Å²) in [4.78, 5) is 22.4. The van der Waals surface area contributed by atoms with E-state index < -0.39 is 0 Å². The van der Waals surface area contributed by atoms with Gasteiger partial charge in [0.1, 0.15) is 11.3 Å². The minimum atomic E-state index is -0.0901. The van der Waals surface area contributed by atoms with Gasteiger partial charge in [-0.3, -0.25) is 9.78 Å². The van der Waals surface area contributed by atoms with Gasteiger partial charge in [-0.05, 0) is 36.6 Å². The highest BCUT2D eigenvalue weighted by atomic mass is 16.5. The number of hydrogen-bond acceptors (Lipinski definition) is 4. The van der Waals surface area contributed by atoms with Crippen molar-refractivity contribution in [1.82, 2.24) is 14.9 Å². The lowest BCUT2D eigenvalue weighted by molar-refractivity contribution is 0.0786. The van der Waals surface area contributed by atoms with Gasteiger partial charge in [0.25, 0.3) is 5.91 Å². The maximum absolute atomic E-state index is 12.6. The fourth-order valence-electron chi connectivity index (χ4n) is 1.91. The SMILES string of the molecule is CC(C)CCN(C)C(=O)c1cccnc1Oc1cccnc1. The molecule has 0 aliphatic carbocycles. The number of ether oxygens (including phenoxy) is 1. The summed E-state index contributed by atoms with van der Waals surface area (Å²) < 4.78 is 5.69. The highest BCUT2D eigenvalue weighted by molar-refractivity contribution is 5.96. The summed E-state index contributed by atoms with van der Waals surface area (Å²) in [6.07, 6.45) is 5.82. The van der Waals surface area contributed by atoms with E-state index in [1.54, 1.807) is 54.8 Å². The Balaban J connectivity index is 2.15. The van der Waals surface area contributed by atoms with Crippen LogP contribution in [0.4, 0.5) is 0 Å². The van der Waals surface area contributed by atoms with Crippen LogP contribution >= 0.6 is 0 Å². The molecule has 0 radical (unpaired) electrons. The van der Waals surface area contributed by atoms with E-state index in [2.05, 4.69) is 23.8 Å². The standard InChI is InChI=1S/C17H21N3O2/c1-13(2)8-11-20(3)17(21)15-7-5-10-19-16(15)22-14-6-4-9-18-12-14/h4-7,9-10,12-13H,8,11H2,1-3H3. The molecule has 0 aliphatic heterocycles. The number of aromatic nitrogens is 2. The molecule has 0 spiro atoms. The summed E-state index contributed by atoms with van der Waals surface area (Å²) in [5, 5.41) is 0. The third-order valence-corrected chi connectivity index (χ3v) is 3.24. The van der Waals surface area contributed by atoms with Crippen molar-refractivity contribution in [3.63, 3.8) is 0 Å². The Bertz CT molecular complexity index is 614. The molecule has 0 fully saturated rings. The smallest absolute Gasteiger partial charge is 0.259 e. The molecule has 0 N–H and O–H groups in total. The lowest BCUT2D eigenvalue weighted by Gasteiger charge is -2.19. The van der Waals surface area contributed by atoms with Gasteiger partial charge >= 0.3 is 0 Å². The lowest BCUT2D eigenvalue weighted by Crippen LogP contribution is -2.28. The molecular weight excluding hydrogens is 278 g/mol. The highest BCUT2D eigenvalue weighted by Crippen LogP contribution is 2.23. The molecule has 5 heteroatoms. The van der Waals surface area contributed by atoms with Crippen molar-refractivity contribution < 1.29 is 9.53 Å². The summed E-state index contributed by atoms with van der Waals surface area (Å²) in [5.74, 6) is 1.32.